The second kappa shape index (κ2) is 5.04. The number of hydrogen-bond donors (Lipinski definition) is 0. The molecule has 4 fully saturated rings. The molecule has 7 nitrogen and oxygen atoms in total. The van der Waals surface area contributed by atoms with Gasteiger partial charge in [0, 0.05) is 18.4 Å². The third-order valence-electron chi connectivity index (χ3n) is 6.07. The van der Waals surface area contributed by atoms with Crippen LogP contribution >= 0.6 is 0 Å². The van der Waals surface area contributed by atoms with Crippen LogP contribution in [0.25, 0.3) is 0 Å². The van der Waals surface area contributed by atoms with Crippen molar-refractivity contribution in [2.75, 3.05) is 0 Å². The number of carbonyl (C=O) groups excluding carboxylic acids is 3. The number of fused-ring (bicyclic) bond motifs is 3. The summed E-state index contributed by atoms with van der Waals surface area (Å²) in [6, 6.07) is 0. The molecule has 4 aliphatic rings. The summed E-state index contributed by atoms with van der Waals surface area (Å²) < 4.78 is 23.2. The van der Waals surface area contributed by atoms with E-state index in [9.17, 15) is 14.4 Å². The highest BCUT2D eigenvalue weighted by Crippen LogP contribution is 2.58. The lowest BCUT2D eigenvalue weighted by Gasteiger charge is -2.34. The molecule has 0 aromatic carbocycles. The van der Waals surface area contributed by atoms with Crippen LogP contribution < -0.4 is 0 Å². The summed E-state index contributed by atoms with van der Waals surface area (Å²) in [5.41, 5.74) is -2.93. The van der Waals surface area contributed by atoms with E-state index in [-0.39, 0.29) is 29.8 Å². The third-order valence-corrected chi connectivity index (χ3v) is 6.07. The minimum absolute atomic E-state index is 0.0540. The first-order valence-corrected chi connectivity index (χ1v) is 8.72. The van der Waals surface area contributed by atoms with E-state index in [1.54, 1.807) is 6.92 Å². The molecule has 0 saturated carbocycles. The van der Waals surface area contributed by atoms with Crippen molar-refractivity contribution in [3.05, 3.63) is 24.3 Å². The molecule has 0 aliphatic carbocycles. The van der Waals surface area contributed by atoms with E-state index in [4.69, 9.17) is 18.9 Å². The predicted molar refractivity (Wildman–Crippen MR) is 88.1 cm³/mol. The zero-order chi connectivity index (χ0) is 19.1. The lowest BCUT2D eigenvalue weighted by molar-refractivity contribution is -0.172. The van der Waals surface area contributed by atoms with Gasteiger partial charge >= 0.3 is 11.9 Å². The molecule has 6 atom stereocenters. The van der Waals surface area contributed by atoms with Crippen molar-refractivity contribution in [2.45, 2.75) is 75.1 Å². The molecule has 6 unspecified atom stereocenters. The second-order valence-corrected chi connectivity index (χ2v) is 8.08. The Kier molecular flexibility index (Phi) is 3.38. The number of ether oxygens (including phenoxy) is 4. The molecule has 4 aliphatic heterocycles. The predicted octanol–water partition coefficient (Wildman–Crippen LogP) is 1.39. The average molecular weight is 362 g/mol. The Morgan fingerprint density at radius 1 is 1.27 bits per heavy atom. The monoisotopic (exact) mass is 362 g/mol. The fourth-order valence-electron chi connectivity index (χ4n) is 4.37. The molecule has 140 valence electrons. The highest BCUT2D eigenvalue weighted by atomic mass is 16.7. The van der Waals surface area contributed by atoms with Gasteiger partial charge in [-0.1, -0.05) is 13.2 Å². The van der Waals surface area contributed by atoms with E-state index >= 15 is 0 Å². The highest BCUT2D eigenvalue weighted by Gasteiger charge is 2.76. The molecule has 0 N–H and O–H groups in total. The van der Waals surface area contributed by atoms with Crippen LogP contribution in [-0.4, -0.2) is 52.8 Å². The number of hydrogen-bond acceptors (Lipinski definition) is 7. The Balaban J connectivity index is 1.83. The van der Waals surface area contributed by atoms with Crippen LogP contribution in [0.5, 0.6) is 0 Å². The molecule has 7 heteroatoms. The van der Waals surface area contributed by atoms with Gasteiger partial charge in [0.05, 0.1) is 11.2 Å². The molecular weight excluding hydrogens is 340 g/mol. The first-order chi connectivity index (χ1) is 12.0. The fraction of sp³-hybridized carbons (Fsp3) is 0.632. The molecule has 26 heavy (non-hydrogen) atoms. The summed E-state index contributed by atoms with van der Waals surface area (Å²) in [6.07, 6.45) is -1.24. The normalized spacial score (nSPS) is 46.4. The van der Waals surface area contributed by atoms with E-state index in [2.05, 4.69) is 13.2 Å². The maximum atomic E-state index is 12.9. The molecule has 4 rings (SSSR count). The molecule has 0 aromatic rings. The van der Waals surface area contributed by atoms with Crippen LogP contribution in [0, 0.1) is 0 Å². The smallest absolute Gasteiger partial charge is 0.337 e. The highest BCUT2D eigenvalue weighted by molar-refractivity contribution is 5.95. The van der Waals surface area contributed by atoms with Gasteiger partial charge in [-0.25, -0.2) is 9.59 Å². The van der Waals surface area contributed by atoms with Crippen LogP contribution in [0.3, 0.4) is 0 Å². The van der Waals surface area contributed by atoms with Crippen LogP contribution in [0.4, 0.5) is 0 Å². The molecule has 4 heterocycles. The number of Topliss-reactive ketones (excluding diaryl/α,β-unsaturated/α-hetero) is 1. The van der Waals surface area contributed by atoms with Gasteiger partial charge in [0.2, 0.25) is 0 Å². The van der Waals surface area contributed by atoms with Crippen molar-refractivity contribution >= 4 is 17.7 Å². The summed E-state index contributed by atoms with van der Waals surface area (Å²) in [6.45, 7) is 12.5. The van der Waals surface area contributed by atoms with Crippen molar-refractivity contribution < 1.29 is 33.3 Å². The van der Waals surface area contributed by atoms with Gasteiger partial charge in [0.1, 0.15) is 17.8 Å². The van der Waals surface area contributed by atoms with Crippen molar-refractivity contribution in [3.63, 3.8) is 0 Å². The summed E-state index contributed by atoms with van der Waals surface area (Å²) in [7, 11) is 0. The second-order valence-electron chi connectivity index (χ2n) is 8.08. The topological polar surface area (TPSA) is 91.4 Å². The number of ketones is 1. The SMILES string of the molecule is C=C(C)C(=O)OC1CC2(C)OC13C(=C)C(=O)OC3C1OC1(C)CCC2=O. The summed E-state index contributed by atoms with van der Waals surface area (Å²) in [5, 5.41) is 0. The summed E-state index contributed by atoms with van der Waals surface area (Å²) in [5.74, 6) is -1.35. The van der Waals surface area contributed by atoms with Crippen molar-refractivity contribution in [3.8, 4) is 0 Å². The quantitative estimate of drug-likeness (QED) is 0.416. The molecule has 0 aromatic heterocycles. The Labute approximate surface area is 151 Å². The van der Waals surface area contributed by atoms with E-state index in [0.29, 0.717) is 6.42 Å². The first-order valence-electron chi connectivity index (χ1n) is 8.72. The molecule has 2 bridgehead atoms. The first kappa shape index (κ1) is 17.4. The van der Waals surface area contributed by atoms with Crippen LogP contribution in [0.2, 0.25) is 0 Å². The van der Waals surface area contributed by atoms with Crippen LogP contribution in [0.1, 0.15) is 40.0 Å². The molecule has 1 spiro atoms. The lowest BCUT2D eigenvalue weighted by Crippen LogP contribution is -2.53. The number of epoxide rings is 1. The Hall–Kier alpha value is -1.99. The standard InChI is InChI=1S/C19H22O7/c1-9(2)15(21)23-12-8-18(5)11(20)6-7-17(4)13(25-17)14-19(12,26-18)10(3)16(22)24-14/h12-14H,1,3,6-8H2,2,4-5H3. The maximum Gasteiger partial charge on any atom is 0.337 e. The zero-order valence-electron chi connectivity index (χ0n) is 15.1. The largest absolute Gasteiger partial charge is 0.455 e. The van der Waals surface area contributed by atoms with Crippen LogP contribution in [0.15, 0.2) is 24.3 Å². The van der Waals surface area contributed by atoms with E-state index in [1.165, 1.54) is 6.92 Å². The van der Waals surface area contributed by atoms with Gasteiger partial charge in [-0.3, -0.25) is 4.79 Å². The van der Waals surface area contributed by atoms with Crippen molar-refractivity contribution in [2.24, 2.45) is 0 Å². The minimum Gasteiger partial charge on any atom is -0.455 e. The van der Waals surface area contributed by atoms with E-state index in [1.807, 2.05) is 6.92 Å². The lowest BCUT2D eigenvalue weighted by atomic mass is 9.78. The zero-order valence-corrected chi connectivity index (χ0v) is 15.1. The van der Waals surface area contributed by atoms with E-state index in [0.717, 1.165) is 0 Å². The maximum absolute atomic E-state index is 12.9. The number of esters is 2. The van der Waals surface area contributed by atoms with Crippen molar-refractivity contribution in [1.82, 2.24) is 0 Å². The number of rotatable bonds is 2. The van der Waals surface area contributed by atoms with Gasteiger partial charge in [0.15, 0.2) is 17.5 Å². The van der Waals surface area contributed by atoms with Gasteiger partial charge in [-0.2, -0.15) is 0 Å². The molecule has 0 radical (unpaired) electrons. The fourth-order valence-corrected chi connectivity index (χ4v) is 4.37. The Morgan fingerprint density at radius 3 is 2.62 bits per heavy atom. The Bertz CT molecular complexity index is 770. The van der Waals surface area contributed by atoms with Gasteiger partial charge in [-0.05, 0) is 27.2 Å². The third kappa shape index (κ3) is 2.10. The summed E-state index contributed by atoms with van der Waals surface area (Å²) >= 11 is 0. The average Bonchev–Trinajstić information content (AvgIpc) is 3.04. The molecule has 0 amide bonds. The summed E-state index contributed by atoms with van der Waals surface area (Å²) in [4.78, 5) is 37.4. The molecular formula is C19H22O7. The van der Waals surface area contributed by atoms with Gasteiger partial charge < -0.3 is 18.9 Å². The van der Waals surface area contributed by atoms with Gasteiger partial charge in [0.25, 0.3) is 0 Å². The van der Waals surface area contributed by atoms with Gasteiger partial charge in [-0.15, -0.1) is 0 Å². The Morgan fingerprint density at radius 2 is 1.96 bits per heavy atom. The van der Waals surface area contributed by atoms with Crippen molar-refractivity contribution in [1.29, 1.82) is 0 Å². The molecule has 4 saturated heterocycles. The van der Waals surface area contributed by atoms with E-state index < -0.39 is 47.1 Å². The minimum atomic E-state index is -1.43. The number of carbonyl (C=O) groups is 3. The van der Waals surface area contributed by atoms with Crippen LogP contribution in [-0.2, 0) is 33.3 Å².